The number of nitrogen functional groups attached to an aromatic ring is 1. The number of rotatable bonds is 1. The number of anilines is 1. The first-order valence-electron chi connectivity index (χ1n) is 4.55. The zero-order chi connectivity index (χ0) is 11.9. The maximum atomic E-state index is 11.1. The lowest BCUT2D eigenvalue weighted by Crippen LogP contribution is -1.96. The van der Waals surface area contributed by atoms with Crippen molar-refractivity contribution in [2.75, 3.05) is 5.73 Å². The van der Waals surface area contributed by atoms with Crippen molar-refractivity contribution in [2.24, 2.45) is 0 Å². The Labute approximate surface area is 114 Å². The summed E-state index contributed by atoms with van der Waals surface area (Å²) in [5.74, 6) is 0.452. The summed E-state index contributed by atoms with van der Waals surface area (Å²) >= 11 is 11.3. The molecule has 17 heavy (non-hydrogen) atoms. The zero-order valence-electron chi connectivity index (χ0n) is 8.83. The van der Waals surface area contributed by atoms with Crippen LogP contribution in [0, 0.1) is 6.92 Å². The van der Waals surface area contributed by atoms with Crippen LogP contribution in [-0.2, 0) is 0 Å². The third-order valence-electron chi connectivity index (χ3n) is 2.35. The normalized spacial score (nSPS) is 10.1. The molecule has 6 heteroatoms. The number of fused-ring (bicyclic) bond motifs is 1. The topological polar surface area (TPSA) is 56.0 Å². The summed E-state index contributed by atoms with van der Waals surface area (Å²) in [6.07, 6.45) is 0. The van der Waals surface area contributed by atoms with Crippen molar-refractivity contribution in [3.05, 3.63) is 34.3 Å². The fourth-order valence-corrected chi connectivity index (χ4v) is 1.92. The van der Waals surface area contributed by atoms with E-state index in [-0.39, 0.29) is 23.0 Å². The van der Waals surface area contributed by atoms with Gasteiger partial charge in [0.2, 0.25) is 0 Å². The minimum absolute atomic E-state index is 0. The molecule has 0 bridgehead atoms. The minimum Gasteiger partial charge on any atom is -0.383 e. The molecule has 3 nitrogen and oxygen atoms in total. The molecule has 2 rings (SSSR count). The Morgan fingerprint density at radius 1 is 1.35 bits per heavy atom. The van der Waals surface area contributed by atoms with Gasteiger partial charge in [0.15, 0.2) is 0 Å². The quantitative estimate of drug-likeness (QED) is 0.817. The highest BCUT2D eigenvalue weighted by Gasteiger charge is 2.10. The molecule has 1 aromatic carbocycles. The number of pyridine rings is 1. The molecule has 2 aromatic rings. The van der Waals surface area contributed by atoms with Crippen molar-refractivity contribution >= 4 is 57.6 Å². The van der Waals surface area contributed by atoms with Gasteiger partial charge in [-0.15, -0.1) is 12.4 Å². The molecule has 0 aliphatic heterocycles. The van der Waals surface area contributed by atoms with Crippen LogP contribution < -0.4 is 5.73 Å². The van der Waals surface area contributed by atoms with Crippen LogP contribution in [-0.4, -0.2) is 10.2 Å². The molecular weight excluding hydrogens is 282 g/mol. The number of benzene rings is 1. The predicted octanol–water partition coefficient (Wildman–Crippen LogP) is 3.58. The Morgan fingerprint density at radius 3 is 2.59 bits per heavy atom. The smallest absolute Gasteiger partial charge is 0.253 e. The summed E-state index contributed by atoms with van der Waals surface area (Å²) < 4.78 is 0. The molecule has 0 aliphatic carbocycles. The van der Waals surface area contributed by atoms with Gasteiger partial charge in [0.25, 0.3) is 5.24 Å². The first-order valence-corrected chi connectivity index (χ1v) is 5.31. The van der Waals surface area contributed by atoms with Gasteiger partial charge in [0.1, 0.15) is 5.82 Å². The van der Waals surface area contributed by atoms with Crippen LogP contribution in [0.1, 0.15) is 15.9 Å². The first kappa shape index (κ1) is 14.0. The van der Waals surface area contributed by atoms with E-state index < -0.39 is 5.24 Å². The van der Waals surface area contributed by atoms with E-state index in [1.54, 1.807) is 12.1 Å². The van der Waals surface area contributed by atoms with Crippen LogP contribution in [0.25, 0.3) is 10.9 Å². The average Bonchev–Trinajstić information content (AvgIpc) is 2.19. The van der Waals surface area contributed by atoms with Gasteiger partial charge >= 0.3 is 0 Å². The maximum absolute atomic E-state index is 11.1. The highest BCUT2D eigenvalue weighted by molar-refractivity contribution is 6.68. The Morgan fingerprint density at radius 2 is 2.00 bits per heavy atom. The zero-order valence-corrected chi connectivity index (χ0v) is 11.2. The highest BCUT2D eigenvalue weighted by atomic mass is 35.5. The fraction of sp³-hybridized carbons (Fsp3) is 0.0909. The van der Waals surface area contributed by atoms with Crippen LogP contribution in [0.15, 0.2) is 18.2 Å². The molecule has 0 atom stereocenters. The van der Waals surface area contributed by atoms with Gasteiger partial charge in [-0.3, -0.25) is 4.79 Å². The number of carbonyl (C=O) groups is 1. The average molecular weight is 292 g/mol. The molecule has 1 heterocycles. The van der Waals surface area contributed by atoms with Gasteiger partial charge in [0.05, 0.1) is 16.1 Å². The molecule has 90 valence electrons. The molecule has 0 saturated heterocycles. The lowest BCUT2D eigenvalue weighted by Gasteiger charge is -2.05. The summed E-state index contributed by atoms with van der Waals surface area (Å²) in [6.45, 7) is 1.85. The van der Waals surface area contributed by atoms with E-state index in [1.807, 2.05) is 13.0 Å². The second-order valence-corrected chi connectivity index (χ2v) is 4.24. The van der Waals surface area contributed by atoms with E-state index in [0.717, 1.165) is 10.9 Å². The molecule has 0 radical (unpaired) electrons. The number of hydrogen-bond donors (Lipinski definition) is 1. The summed E-state index contributed by atoms with van der Waals surface area (Å²) in [7, 11) is 0. The third-order valence-corrected chi connectivity index (χ3v) is 2.86. The van der Waals surface area contributed by atoms with Crippen LogP contribution in [0.2, 0.25) is 5.02 Å². The Balaban J connectivity index is 0.00000144. The van der Waals surface area contributed by atoms with Gasteiger partial charge < -0.3 is 5.73 Å². The largest absolute Gasteiger partial charge is 0.383 e. The van der Waals surface area contributed by atoms with Crippen LogP contribution in [0.5, 0.6) is 0 Å². The number of hydrogen-bond acceptors (Lipinski definition) is 3. The van der Waals surface area contributed by atoms with E-state index in [1.165, 1.54) is 0 Å². The van der Waals surface area contributed by atoms with Gasteiger partial charge in [0, 0.05) is 5.39 Å². The molecular formula is C11H9Cl3N2O. The number of aromatic nitrogens is 1. The molecule has 0 saturated carbocycles. The third kappa shape index (κ3) is 2.63. The monoisotopic (exact) mass is 290 g/mol. The summed E-state index contributed by atoms with van der Waals surface area (Å²) in [5.41, 5.74) is 7.46. The fourth-order valence-electron chi connectivity index (χ4n) is 1.47. The van der Waals surface area contributed by atoms with Gasteiger partial charge in [-0.2, -0.15) is 0 Å². The number of nitrogens with two attached hydrogens (primary N) is 1. The summed E-state index contributed by atoms with van der Waals surface area (Å²) in [4.78, 5) is 15.3. The Kier molecular flexibility index (Phi) is 4.20. The predicted molar refractivity (Wildman–Crippen MR) is 73.3 cm³/mol. The summed E-state index contributed by atoms with van der Waals surface area (Å²) in [5, 5.41) is 0.490. The SMILES string of the molecule is Cc1cc2cc(C(=O)Cl)c(Cl)cc2nc1N.Cl. The highest BCUT2D eigenvalue weighted by Crippen LogP contribution is 2.26. The van der Waals surface area contributed by atoms with Gasteiger partial charge in [-0.05, 0) is 42.3 Å². The molecule has 2 N–H and O–H groups in total. The van der Waals surface area contributed by atoms with E-state index in [0.29, 0.717) is 11.3 Å². The van der Waals surface area contributed by atoms with Crippen molar-refractivity contribution in [1.82, 2.24) is 4.98 Å². The van der Waals surface area contributed by atoms with Gasteiger partial charge in [-0.1, -0.05) is 11.6 Å². The van der Waals surface area contributed by atoms with Crippen molar-refractivity contribution in [1.29, 1.82) is 0 Å². The van der Waals surface area contributed by atoms with E-state index in [9.17, 15) is 4.79 Å². The van der Waals surface area contributed by atoms with E-state index in [2.05, 4.69) is 4.98 Å². The van der Waals surface area contributed by atoms with Crippen LogP contribution >= 0.6 is 35.6 Å². The Hall–Kier alpha value is -1.03. The second-order valence-electron chi connectivity index (χ2n) is 3.49. The summed E-state index contributed by atoms with van der Waals surface area (Å²) in [6, 6.07) is 5.05. The second kappa shape index (κ2) is 5.08. The molecule has 1 aromatic heterocycles. The standard InChI is InChI=1S/C11H8Cl2N2O.ClH/c1-5-2-6-3-7(10(13)16)8(12)4-9(6)15-11(5)14;/h2-4H,1H3,(H2,14,15);1H. The molecule has 0 unspecified atom stereocenters. The molecule has 0 aliphatic rings. The molecule has 0 spiro atoms. The molecule has 0 fully saturated rings. The van der Waals surface area contributed by atoms with E-state index >= 15 is 0 Å². The lowest BCUT2D eigenvalue weighted by molar-refractivity contribution is 0.108. The minimum atomic E-state index is -0.582. The molecule has 0 amide bonds. The number of halogens is 3. The number of nitrogens with zero attached hydrogens (tertiary/aromatic N) is 1. The van der Waals surface area contributed by atoms with E-state index in [4.69, 9.17) is 28.9 Å². The van der Waals surface area contributed by atoms with Crippen molar-refractivity contribution in [3.8, 4) is 0 Å². The van der Waals surface area contributed by atoms with Crippen LogP contribution in [0.3, 0.4) is 0 Å². The van der Waals surface area contributed by atoms with Crippen molar-refractivity contribution < 1.29 is 4.79 Å². The van der Waals surface area contributed by atoms with Gasteiger partial charge in [-0.25, -0.2) is 4.98 Å². The number of carbonyl (C=O) groups excluding carboxylic acids is 1. The Bertz CT molecular complexity index is 599. The first-order chi connectivity index (χ1) is 7.49. The lowest BCUT2D eigenvalue weighted by atomic mass is 10.1. The van der Waals surface area contributed by atoms with Crippen molar-refractivity contribution in [3.63, 3.8) is 0 Å². The maximum Gasteiger partial charge on any atom is 0.253 e. The van der Waals surface area contributed by atoms with Crippen LogP contribution in [0.4, 0.5) is 5.82 Å². The number of aryl methyl sites for hydroxylation is 1. The van der Waals surface area contributed by atoms with Crippen molar-refractivity contribution in [2.45, 2.75) is 6.92 Å².